The Hall–Kier alpha value is -0.190. The summed E-state index contributed by atoms with van der Waals surface area (Å²) in [4.78, 5) is 7.61. The van der Waals surface area contributed by atoms with Gasteiger partial charge in [-0.2, -0.15) is 8.78 Å². The Bertz CT molecular complexity index is 276. The van der Waals surface area contributed by atoms with Crippen LogP contribution in [0.4, 0.5) is 8.78 Å². The minimum atomic E-state index is -3.57. The molecule has 0 aromatic heterocycles. The van der Waals surface area contributed by atoms with Crippen LogP contribution in [-0.4, -0.2) is 16.9 Å². The minimum Gasteiger partial charge on any atom is -0.457 e. The van der Waals surface area contributed by atoms with Crippen LogP contribution in [0.15, 0.2) is 0 Å². The molecule has 1 fully saturated rings. The third-order valence-corrected chi connectivity index (χ3v) is 3.77. The number of rotatable bonds is 3. The van der Waals surface area contributed by atoms with Crippen LogP contribution < -0.4 is 0 Å². The highest BCUT2D eigenvalue weighted by Gasteiger charge is 2.41. The molecule has 17 heavy (non-hydrogen) atoms. The zero-order valence-corrected chi connectivity index (χ0v) is 12.0. The fourth-order valence-electron chi connectivity index (χ4n) is 2.45. The summed E-state index contributed by atoms with van der Waals surface area (Å²) in [6, 6.07) is 0. The van der Waals surface area contributed by atoms with E-state index in [2.05, 4.69) is 6.92 Å². The molecule has 5 heteroatoms. The topological polar surface area (TPSA) is 26.3 Å². The first kappa shape index (κ1) is 14.9. The van der Waals surface area contributed by atoms with E-state index in [1.807, 2.05) is 29.8 Å². The predicted molar refractivity (Wildman–Crippen MR) is 65.1 cm³/mol. The SMILES string of the molecule is CC(C)[C@H]1CC[C@H](C)C[C@@H]1OC(=O)C(F)(F)Br. The summed E-state index contributed by atoms with van der Waals surface area (Å²) >= 11 is 2.03. The van der Waals surface area contributed by atoms with E-state index in [0.29, 0.717) is 18.3 Å². The summed E-state index contributed by atoms with van der Waals surface area (Å²) < 4.78 is 30.4. The van der Waals surface area contributed by atoms with Gasteiger partial charge in [0, 0.05) is 15.9 Å². The molecule has 0 aromatic rings. The highest BCUT2D eigenvalue weighted by atomic mass is 79.9. The molecule has 0 N–H and O–H groups in total. The van der Waals surface area contributed by atoms with E-state index in [1.54, 1.807) is 0 Å². The Balaban J connectivity index is 2.67. The van der Waals surface area contributed by atoms with Gasteiger partial charge in [0.25, 0.3) is 0 Å². The number of hydrogen-bond donors (Lipinski definition) is 0. The van der Waals surface area contributed by atoms with Crippen LogP contribution in [0.3, 0.4) is 0 Å². The largest absolute Gasteiger partial charge is 0.457 e. The standard InChI is InChI=1S/C12H19BrF2O2/c1-7(2)9-5-4-8(3)6-10(9)17-11(16)12(13,14)15/h7-10H,4-6H2,1-3H3/t8-,9+,10-/m0/s1. The third kappa shape index (κ3) is 4.19. The molecule has 1 aliphatic rings. The van der Waals surface area contributed by atoms with Gasteiger partial charge in [0.2, 0.25) is 0 Å². The van der Waals surface area contributed by atoms with Crippen molar-refractivity contribution in [3.63, 3.8) is 0 Å². The number of carbonyl (C=O) groups excluding carboxylic acids is 1. The van der Waals surface area contributed by atoms with Gasteiger partial charge in [0.05, 0.1) is 0 Å². The molecule has 0 aromatic carbocycles. The summed E-state index contributed by atoms with van der Waals surface area (Å²) in [5, 5.41) is 0. The van der Waals surface area contributed by atoms with E-state index in [0.717, 1.165) is 12.8 Å². The van der Waals surface area contributed by atoms with E-state index in [4.69, 9.17) is 4.74 Å². The number of ether oxygens (including phenoxy) is 1. The number of esters is 1. The van der Waals surface area contributed by atoms with Crippen molar-refractivity contribution in [3.05, 3.63) is 0 Å². The molecule has 0 saturated heterocycles. The van der Waals surface area contributed by atoms with E-state index in [-0.39, 0.29) is 12.0 Å². The number of carbonyl (C=O) groups is 1. The Morgan fingerprint density at radius 1 is 1.41 bits per heavy atom. The van der Waals surface area contributed by atoms with E-state index in [1.165, 1.54) is 0 Å². The lowest BCUT2D eigenvalue weighted by Crippen LogP contribution is -2.38. The fraction of sp³-hybridized carbons (Fsp3) is 0.917. The smallest absolute Gasteiger partial charge is 0.396 e. The highest BCUT2D eigenvalue weighted by molar-refractivity contribution is 9.10. The van der Waals surface area contributed by atoms with Gasteiger partial charge < -0.3 is 4.74 Å². The van der Waals surface area contributed by atoms with Gasteiger partial charge in [-0.05, 0) is 30.6 Å². The Morgan fingerprint density at radius 3 is 2.47 bits per heavy atom. The Morgan fingerprint density at radius 2 is 2.00 bits per heavy atom. The monoisotopic (exact) mass is 312 g/mol. The van der Waals surface area contributed by atoms with Crippen molar-refractivity contribution < 1.29 is 18.3 Å². The lowest BCUT2D eigenvalue weighted by Gasteiger charge is -2.36. The zero-order valence-electron chi connectivity index (χ0n) is 10.4. The molecule has 100 valence electrons. The van der Waals surface area contributed by atoms with Crippen molar-refractivity contribution in [2.45, 2.75) is 51.0 Å². The Kier molecular flexibility index (Phi) is 4.93. The molecule has 0 heterocycles. The van der Waals surface area contributed by atoms with Crippen molar-refractivity contribution >= 4 is 21.9 Å². The van der Waals surface area contributed by atoms with Crippen LogP contribution in [0.2, 0.25) is 0 Å². The van der Waals surface area contributed by atoms with Crippen LogP contribution in [0.5, 0.6) is 0 Å². The Labute approximate surface area is 109 Å². The van der Waals surface area contributed by atoms with Crippen molar-refractivity contribution in [1.29, 1.82) is 0 Å². The molecule has 0 aliphatic heterocycles. The maximum absolute atomic E-state index is 12.7. The fourth-order valence-corrected chi connectivity index (χ4v) is 2.55. The van der Waals surface area contributed by atoms with Crippen LogP contribution in [0.1, 0.15) is 40.0 Å². The second-order valence-corrected chi connectivity index (χ2v) is 6.26. The van der Waals surface area contributed by atoms with Gasteiger partial charge in [-0.15, -0.1) is 0 Å². The van der Waals surface area contributed by atoms with Gasteiger partial charge in [-0.25, -0.2) is 4.79 Å². The molecular formula is C12H19BrF2O2. The highest BCUT2D eigenvalue weighted by Crippen LogP contribution is 2.36. The summed E-state index contributed by atoms with van der Waals surface area (Å²) in [5.74, 6) is -0.525. The quantitative estimate of drug-likeness (QED) is 0.582. The molecule has 3 atom stereocenters. The van der Waals surface area contributed by atoms with E-state index in [9.17, 15) is 13.6 Å². The summed E-state index contributed by atoms with van der Waals surface area (Å²) in [6.07, 6.45) is 2.30. The maximum atomic E-state index is 12.7. The van der Waals surface area contributed by atoms with Crippen molar-refractivity contribution in [1.82, 2.24) is 0 Å². The summed E-state index contributed by atoms with van der Waals surface area (Å²) in [7, 11) is 0. The van der Waals surface area contributed by atoms with Crippen LogP contribution in [0.25, 0.3) is 0 Å². The van der Waals surface area contributed by atoms with Crippen molar-refractivity contribution in [2.75, 3.05) is 0 Å². The second-order valence-electron chi connectivity index (χ2n) is 5.27. The average molecular weight is 313 g/mol. The maximum Gasteiger partial charge on any atom is 0.396 e. The normalized spacial score (nSPS) is 30.4. The number of hydrogen-bond acceptors (Lipinski definition) is 2. The molecular weight excluding hydrogens is 294 g/mol. The number of halogens is 3. The van der Waals surface area contributed by atoms with Crippen LogP contribution >= 0.6 is 15.9 Å². The van der Waals surface area contributed by atoms with E-state index >= 15 is 0 Å². The van der Waals surface area contributed by atoms with Crippen LogP contribution in [-0.2, 0) is 9.53 Å². The molecule has 0 amide bonds. The molecule has 1 rings (SSSR count). The molecule has 1 saturated carbocycles. The molecule has 2 nitrogen and oxygen atoms in total. The predicted octanol–water partition coefficient (Wildman–Crippen LogP) is 3.98. The zero-order chi connectivity index (χ0) is 13.2. The lowest BCUT2D eigenvalue weighted by molar-refractivity contribution is -0.171. The van der Waals surface area contributed by atoms with Gasteiger partial charge in [-0.3, -0.25) is 0 Å². The molecule has 0 radical (unpaired) electrons. The second kappa shape index (κ2) is 5.63. The first-order valence-electron chi connectivity index (χ1n) is 5.99. The number of alkyl halides is 3. The minimum absolute atomic E-state index is 0.185. The van der Waals surface area contributed by atoms with Gasteiger partial charge in [0.15, 0.2) is 0 Å². The van der Waals surface area contributed by atoms with Crippen molar-refractivity contribution in [2.24, 2.45) is 17.8 Å². The van der Waals surface area contributed by atoms with Crippen molar-refractivity contribution in [3.8, 4) is 0 Å². The summed E-state index contributed by atoms with van der Waals surface area (Å²) in [6.45, 7) is 6.13. The van der Waals surface area contributed by atoms with E-state index < -0.39 is 10.8 Å². The van der Waals surface area contributed by atoms with Gasteiger partial charge in [0.1, 0.15) is 6.10 Å². The van der Waals surface area contributed by atoms with Gasteiger partial charge in [-0.1, -0.05) is 27.2 Å². The first-order valence-corrected chi connectivity index (χ1v) is 6.79. The van der Waals surface area contributed by atoms with Gasteiger partial charge >= 0.3 is 10.8 Å². The molecule has 0 unspecified atom stereocenters. The molecule has 1 aliphatic carbocycles. The van der Waals surface area contributed by atoms with Crippen LogP contribution in [0, 0.1) is 17.8 Å². The molecule has 0 spiro atoms. The lowest BCUT2D eigenvalue weighted by atomic mass is 9.75. The summed E-state index contributed by atoms with van der Waals surface area (Å²) in [5.41, 5.74) is 0. The third-order valence-electron chi connectivity index (χ3n) is 3.45. The first-order chi connectivity index (χ1) is 7.71. The molecule has 0 bridgehead atoms. The average Bonchev–Trinajstić information content (AvgIpc) is 2.15.